The fraction of sp³-hybridized carbons (Fsp3) is 0.500. The van der Waals surface area contributed by atoms with Crippen molar-refractivity contribution < 1.29 is 13.2 Å². The molecule has 2 heterocycles. The number of ether oxygens (including phenoxy) is 1. The summed E-state index contributed by atoms with van der Waals surface area (Å²) >= 11 is 0. The maximum Gasteiger partial charge on any atom is 0.246 e. The Balaban J connectivity index is 1.73. The Morgan fingerprint density at radius 1 is 1.20 bits per heavy atom. The maximum absolute atomic E-state index is 12.9. The molecule has 0 spiro atoms. The molecule has 0 saturated carbocycles. The number of sulfonamides is 1. The molecule has 1 aliphatic heterocycles. The van der Waals surface area contributed by atoms with Gasteiger partial charge in [0.25, 0.3) is 0 Å². The van der Waals surface area contributed by atoms with E-state index in [-0.39, 0.29) is 6.10 Å². The average Bonchev–Trinajstić information content (AvgIpc) is 2.96. The fourth-order valence-electron chi connectivity index (χ4n) is 3.71. The zero-order valence-electron chi connectivity index (χ0n) is 14.9. The molecule has 0 bridgehead atoms. The van der Waals surface area contributed by atoms with Crippen LogP contribution >= 0.6 is 0 Å². The molecule has 1 saturated heterocycles. The van der Waals surface area contributed by atoms with E-state index in [0.29, 0.717) is 35.3 Å². The first-order chi connectivity index (χ1) is 11.9. The van der Waals surface area contributed by atoms with Gasteiger partial charge in [0.1, 0.15) is 4.90 Å². The standard InChI is InChI=1S/C18H25N3O3S/c1-13-18(14(2)20-19-13)25(22,23)21-11-9-16(10-12-21)17(24-3)15-7-5-4-6-8-15/h4-8,16-17H,9-12H2,1-3H3,(H,19,20). The summed E-state index contributed by atoms with van der Waals surface area (Å²) in [5.74, 6) is 0.311. The lowest BCUT2D eigenvalue weighted by molar-refractivity contribution is 0.0303. The molecule has 1 N–H and O–H groups in total. The highest BCUT2D eigenvalue weighted by atomic mass is 32.2. The van der Waals surface area contributed by atoms with E-state index in [1.54, 1.807) is 25.3 Å². The average molecular weight is 363 g/mol. The number of benzene rings is 1. The number of nitrogens with zero attached hydrogens (tertiary/aromatic N) is 2. The Hall–Kier alpha value is -1.70. The summed E-state index contributed by atoms with van der Waals surface area (Å²) in [6.45, 7) is 4.48. The van der Waals surface area contributed by atoms with Crippen molar-refractivity contribution in [2.24, 2.45) is 5.92 Å². The van der Waals surface area contributed by atoms with Crippen molar-refractivity contribution in [2.45, 2.75) is 37.7 Å². The van der Waals surface area contributed by atoms with Gasteiger partial charge in [0.15, 0.2) is 0 Å². The van der Waals surface area contributed by atoms with E-state index in [9.17, 15) is 8.42 Å². The number of methoxy groups -OCH3 is 1. The van der Waals surface area contributed by atoms with Gasteiger partial charge < -0.3 is 4.74 Å². The van der Waals surface area contributed by atoms with Crippen LogP contribution < -0.4 is 0 Å². The van der Waals surface area contributed by atoms with Crippen LogP contribution in [-0.2, 0) is 14.8 Å². The van der Waals surface area contributed by atoms with E-state index >= 15 is 0 Å². The molecule has 0 aliphatic carbocycles. The summed E-state index contributed by atoms with van der Waals surface area (Å²) in [5.41, 5.74) is 2.27. The van der Waals surface area contributed by atoms with Crippen LogP contribution in [0.4, 0.5) is 0 Å². The third kappa shape index (κ3) is 3.49. The molecule has 2 aromatic rings. The van der Waals surface area contributed by atoms with Gasteiger partial charge in [-0.15, -0.1) is 0 Å². The number of hydrogen-bond donors (Lipinski definition) is 1. The Morgan fingerprint density at radius 3 is 2.36 bits per heavy atom. The number of hydrogen-bond acceptors (Lipinski definition) is 4. The Kier molecular flexibility index (Phi) is 5.27. The second-order valence-corrected chi connectivity index (χ2v) is 8.45. The van der Waals surface area contributed by atoms with E-state index in [1.807, 2.05) is 18.2 Å². The second-order valence-electron chi connectivity index (χ2n) is 6.57. The summed E-state index contributed by atoms with van der Waals surface area (Å²) < 4.78 is 33.2. The van der Waals surface area contributed by atoms with E-state index in [2.05, 4.69) is 22.3 Å². The Bertz CT molecular complexity index is 790. The predicted octanol–water partition coefficient (Wildman–Crippen LogP) is 2.81. The summed E-state index contributed by atoms with van der Waals surface area (Å²) in [6.07, 6.45) is 1.56. The maximum atomic E-state index is 12.9. The number of aromatic nitrogens is 2. The lowest BCUT2D eigenvalue weighted by Gasteiger charge is -2.35. The molecule has 7 heteroatoms. The number of aromatic amines is 1. The smallest absolute Gasteiger partial charge is 0.246 e. The molecular weight excluding hydrogens is 338 g/mol. The van der Waals surface area contributed by atoms with Crippen LogP contribution in [-0.4, -0.2) is 43.1 Å². The minimum atomic E-state index is -3.50. The summed E-state index contributed by atoms with van der Waals surface area (Å²) in [7, 11) is -1.78. The molecule has 1 aromatic carbocycles. The molecule has 136 valence electrons. The molecule has 1 aromatic heterocycles. The van der Waals surface area contributed by atoms with E-state index in [4.69, 9.17) is 4.74 Å². The molecule has 3 rings (SSSR count). The highest BCUT2D eigenvalue weighted by molar-refractivity contribution is 7.89. The molecule has 0 amide bonds. The fourth-order valence-corrected chi connectivity index (χ4v) is 5.51. The Morgan fingerprint density at radius 2 is 1.84 bits per heavy atom. The SMILES string of the molecule is COC(c1ccccc1)C1CCN(S(=O)(=O)c2c(C)n[nH]c2C)CC1. The van der Waals surface area contributed by atoms with Crippen LogP contribution in [0.15, 0.2) is 35.2 Å². The zero-order chi connectivity index (χ0) is 18.0. The van der Waals surface area contributed by atoms with Crippen LogP contribution in [0.3, 0.4) is 0 Å². The predicted molar refractivity (Wildman–Crippen MR) is 95.7 cm³/mol. The normalized spacial score (nSPS) is 18.4. The van der Waals surface area contributed by atoms with Gasteiger partial charge in [-0.1, -0.05) is 30.3 Å². The van der Waals surface area contributed by atoms with Crippen LogP contribution in [0.25, 0.3) is 0 Å². The van der Waals surface area contributed by atoms with Crippen molar-refractivity contribution in [3.05, 3.63) is 47.3 Å². The molecule has 6 nitrogen and oxygen atoms in total. The summed E-state index contributed by atoms with van der Waals surface area (Å²) in [4.78, 5) is 0.317. The topological polar surface area (TPSA) is 75.3 Å². The zero-order valence-corrected chi connectivity index (χ0v) is 15.7. The van der Waals surface area contributed by atoms with Gasteiger partial charge in [-0.25, -0.2) is 8.42 Å². The van der Waals surface area contributed by atoms with Crippen molar-refractivity contribution in [3.63, 3.8) is 0 Å². The number of H-pyrrole nitrogens is 1. The molecule has 25 heavy (non-hydrogen) atoms. The summed E-state index contributed by atoms with van der Waals surface area (Å²) in [6, 6.07) is 10.1. The number of aryl methyl sites for hydroxylation is 2. The molecule has 1 aliphatic rings. The first-order valence-corrected chi connectivity index (χ1v) is 9.98. The van der Waals surface area contributed by atoms with Crippen molar-refractivity contribution in [1.82, 2.24) is 14.5 Å². The van der Waals surface area contributed by atoms with Crippen LogP contribution in [0.1, 0.15) is 35.9 Å². The second kappa shape index (κ2) is 7.27. The molecule has 1 unspecified atom stereocenters. The van der Waals surface area contributed by atoms with E-state index in [1.165, 1.54) is 0 Å². The lowest BCUT2D eigenvalue weighted by atomic mass is 9.88. The quantitative estimate of drug-likeness (QED) is 0.886. The van der Waals surface area contributed by atoms with Gasteiger partial charge in [-0.3, -0.25) is 5.10 Å². The van der Waals surface area contributed by atoms with E-state index in [0.717, 1.165) is 18.4 Å². The van der Waals surface area contributed by atoms with Crippen LogP contribution in [0, 0.1) is 19.8 Å². The van der Waals surface area contributed by atoms with Crippen molar-refractivity contribution >= 4 is 10.0 Å². The number of nitrogens with one attached hydrogen (secondary N) is 1. The minimum absolute atomic E-state index is 0.00320. The van der Waals surface area contributed by atoms with Gasteiger partial charge in [0, 0.05) is 20.2 Å². The largest absolute Gasteiger partial charge is 0.376 e. The minimum Gasteiger partial charge on any atom is -0.376 e. The van der Waals surface area contributed by atoms with Crippen molar-refractivity contribution in [3.8, 4) is 0 Å². The van der Waals surface area contributed by atoms with Crippen molar-refractivity contribution in [1.29, 1.82) is 0 Å². The number of piperidine rings is 1. The van der Waals surface area contributed by atoms with Gasteiger partial charge >= 0.3 is 0 Å². The van der Waals surface area contributed by atoms with Crippen LogP contribution in [0.2, 0.25) is 0 Å². The van der Waals surface area contributed by atoms with Gasteiger partial charge in [0.05, 0.1) is 17.5 Å². The first kappa shape index (κ1) is 18.1. The van der Waals surface area contributed by atoms with Gasteiger partial charge in [0.2, 0.25) is 10.0 Å². The molecule has 1 fully saturated rings. The number of rotatable bonds is 5. The Labute approximate surface area is 149 Å². The third-order valence-corrected chi connectivity index (χ3v) is 7.13. The highest BCUT2D eigenvalue weighted by Crippen LogP contribution is 2.35. The van der Waals surface area contributed by atoms with Crippen molar-refractivity contribution in [2.75, 3.05) is 20.2 Å². The molecule has 0 radical (unpaired) electrons. The summed E-state index contributed by atoms with van der Waals surface area (Å²) in [5, 5.41) is 6.79. The van der Waals surface area contributed by atoms with E-state index < -0.39 is 10.0 Å². The molecular formula is C18H25N3O3S. The lowest BCUT2D eigenvalue weighted by Crippen LogP contribution is -2.40. The first-order valence-electron chi connectivity index (χ1n) is 8.54. The molecule has 1 atom stereocenters. The highest BCUT2D eigenvalue weighted by Gasteiger charge is 2.35. The van der Waals surface area contributed by atoms with Crippen LogP contribution in [0.5, 0.6) is 0 Å². The third-order valence-electron chi connectivity index (χ3n) is 4.97. The monoisotopic (exact) mass is 363 g/mol. The van der Waals surface area contributed by atoms with Gasteiger partial charge in [-0.05, 0) is 38.2 Å². The van der Waals surface area contributed by atoms with Gasteiger partial charge in [-0.2, -0.15) is 9.40 Å².